The van der Waals surface area contributed by atoms with Crippen LogP contribution in [0.4, 0.5) is 5.69 Å². The number of ether oxygens (including phenoxy) is 1. The van der Waals surface area contributed by atoms with Gasteiger partial charge in [0, 0.05) is 54.4 Å². The van der Waals surface area contributed by atoms with Gasteiger partial charge in [-0.2, -0.15) is 0 Å². The van der Waals surface area contributed by atoms with Crippen molar-refractivity contribution >= 4 is 28.3 Å². The summed E-state index contributed by atoms with van der Waals surface area (Å²) in [5, 5.41) is 8.27. The maximum Gasteiger partial charge on any atom is 0.261 e. The first-order valence-electron chi connectivity index (χ1n) is 9.65. The summed E-state index contributed by atoms with van der Waals surface area (Å²) < 4.78 is 5.21. The second-order valence-corrected chi connectivity index (χ2v) is 6.88. The van der Waals surface area contributed by atoms with E-state index in [1.165, 1.54) is 4.90 Å². The van der Waals surface area contributed by atoms with E-state index in [9.17, 15) is 9.59 Å². The summed E-state index contributed by atoms with van der Waals surface area (Å²) >= 11 is 0. The lowest BCUT2D eigenvalue weighted by molar-refractivity contribution is 0.0612. The highest BCUT2D eigenvalue weighted by atomic mass is 16.5. The minimum Gasteiger partial charge on any atom is -0.497 e. The molecule has 1 heterocycles. The maximum absolute atomic E-state index is 12.8. The van der Waals surface area contributed by atoms with Crippen LogP contribution in [0, 0.1) is 0 Å². The predicted octanol–water partition coefficient (Wildman–Crippen LogP) is 3.15. The van der Waals surface area contributed by atoms with E-state index in [0.717, 1.165) is 28.8 Å². The van der Waals surface area contributed by atoms with Gasteiger partial charge in [0.15, 0.2) is 0 Å². The van der Waals surface area contributed by atoms with Crippen molar-refractivity contribution in [2.24, 2.45) is 0 Å². The average Bonchev–Trinajstić information content (AvgIpc) is 2.76. The molecule has 6 heteroatoms. The molecular formula is C23H23N3O3. The van der Waals surface area contributed by atoms with Gasteiger partial charge in [-0.1, -0.05) is 30.3 Å². The Kier molecular flexibility index (Phi) is 5.44. The van der Waals surface area contributed by atoms with Crippen LogP contribution in [0.25, 0.3) is 10.8 Å². The van der Waals surface area contributed by atoms with E-state index in [1.807, 2.05) is 48.5 Å². The molecule has 148 valence electrons. The fourth-order valence-corrected chi connectivity index (χ4v) is 3.63. The standard InChI is InChI=1S/C23H23N3O3/c1-29-18-8-4-7-17(15-18)25-12-11-24-13-14-26-22(27)19-9-2-5-16-6-3-10-20(21(16)19)23(26)28/h2-10,15,24-25H,11-14H2,1H3. The van der Waals surface area contributed by atoms with Gasteiger partial charge in [-0.15, -0.1) is 0 Å². The molecule has 0 fully saturated rings. The molecule has 1 aliphatic rings. The number of hydrogen-bond donors (Lipinski definition) is 2. The highest BCUT2D eigenvalue weighted by molar-refractivity contribution is 6.25. The van der Waals surface area contributed by atoms with Crippen LogP contribution in [0.2, 0.25) is 0 Å². The van der Waals surface area contributed by atoms with Crippen molar-refractivity contribution in [3.05, 3.63) is 71.8 Å². The van der Waals surface area contributed by atoms with Gasteiger partial charge in [0.1, 0.15) is 5.75 Å². The van der Waals surface area contributed by atoms with E-state index in [1.54, 1.807) is 19.2 Å². The minimum atomic E-state index is -0.226. The van der Waals surface area contributed by atoms with Crippen LogP contribution in [0.1, 0.15) is 20.7 Å². The third-order valence-electron chi connectivity index (χ3n) is 5.07. The first-order valence-corrected chi connectivity index (χ1v) is 9.65. The summed E-state index contributed by atoms with van der Waals surface area (Å²) in [5.74, 6) is 0.353. The molecule has 3 aromatic rings. The molecule has 2 amide bonds. The lowest BCUT2D eigenvalue weighted by atomic mass is 9.94. The number of nitrogens with zero attached hydrogens (tertiary/aromatic N) is 1. The molecule has 0 unspecified atom stereocenters. The Bertz CT molecular complexity index is 1010. The molecule has 0 aliphatic carbocycles. The Morgan fingerprint density at radius 2 is 1.55 bits per heavy atom. The molecular weight excluding hydrogens is 366 g/mol. The predicted molar refractivity (Wildman–Crippen MR) is 114 cm³/mol. The zero-order valence-corrected chi connectivity index (χ0v) is 16.3. The maximum atomic E-state index is 12.8. The third kappa shape index (κ3) is 3.79. The van der Waals surface area contributed by atoms with Gasteiger partial charge >= 0.3 is 0 Å². The zero-order valence-electron chi connectivity index (χ0n) is 16.3. The van der Waals surface area contributed by atoms with Crippen LogP contribution >= 0.6 is 0 Å². The van der Waals surface area contributed by atoms with Crippen LogP contribution in [0.5, 0.6) is 5.75 Å². The number of amides is 2. The molecule has 2 N–H and O–H groups in total. The van der Waals surface area contributed by atoms with E-state index in [-0.39, 0.29) is 11.8 Å². The second kappa shape index (κ2) is 8.32. The number of methoxy groups -OCH3 is 1. The van der Waals surface area contributed by atoms with Crippen LogP contribution in [-0.4, -0.2) is 50.0 Å². The number of nitrogens with one attached hydrogen (secondary N) is 2. The van der Waals surface area contributed by atoms with Crippen molar-refractivity contribution < 1.29 is 14.3 Å². The molecule has 0 aromatic heterocycles. The van der Waals surface area contributed by atoms with E-state index < -0.39 is 0 Å². The van der Waals surface area contributed by atoms with Gasteiger partial charge in [-0.25, -0.2) is 0 Å². The summed E-state index contributed by atoms with van der Waals surface area (Å²) in [6, 6.07) is 18.9. The fraction of sp³-hybridized carbons (Fsp3) is 0.217. The number of benzene rings is 3. The number of imide groups is 1. The highest BCUT2D eigenvalue weighted by Gasteiger charge is 2.31. The van der Waals surface area contributed by atoms with E-state index in [4.69, 9.17) is 4.74 Å². The molecule has 3 aromatic carbocycles. The first kappa shape index (κ1) is 19.0. The van der Waals surface area contributed by atoms with Crippen molar-refractivity contribution in [2.75, 3.05) is 38.6 Å². The summed E-state index contributed by atoms with van der Waals surface area (Å²) in [7, 11) is 1.64. The Morgan fingerprint density at radius 1 is 0.862 bits per heavy atom. The van der Waals surface area contributed by atoms with Crippen molar-refractivity contribution in [1.29, 1.82) is 0 Å². The molecule has 0 spiro atoms. The summed E-state index contributed by atoms with van der Waals surface area (Å²) in [6.45, 7) is 2.30. The number of anilines is 1. The van der Waals surface area contributed by atoms with E-state index in [2.05, 4.69) is 10.6 Å². The van der Waals surface area contributed by atoms with Gasteiger partial charge < -0.3 is 15.4 Å². The fourth-order valence-electron chi connectivity index (χ4n) is 3.63. The topological polar surface area (TPSA) is 70.7 Å². The third-order valence-corrected chi connectivity index (χ3v) is 5.07. The monoisotopic (exact) mass is 389 g/mol. The summed E-state index contributed by atoms with van der Waals surface area (Å²) in [6.07, 6.45) is 0. The van der Waals surface area contributed by atoms with Gasteiger partial charge in [-0.05, 0) is 29.7 Å². The van der Waals surface area contributed by atoms with Crippen molar-refractivity contribution in [2.45, 2.75) is 0 Å². The van der Waals surface area contributed by atoms with Gasteiger partial charge in [0.2, 0.25) is 0 Å². The molecule has 0 atom stereocenters. The summed E-state index contributed by atoms with van der Waals surface area (Å²) in [4.78, 5) is 27.0. The highest BCUT2D eigenvalue weighted by Crippen LogP contribution is 2.29. The Hall–Kier alpha value is -3.38. The molecule has 0 saturated carbocycles. The van der Waals surface area contributed by atoms with Gasteiger partial charge in [0.25, 0.3) is 11.8 Å². The Morgan fingerprint density at radius 3 is 2.24 bits per heavy atom. The molecule has 0 radical (unpaired) electrons. The second-order valence-electron chi connectivity index (χ2n) is 6.88. The van der Waals surface area contributed by atoms with Crippen LogP contribution in [-0.2, 0) is 0 Å². The number of rotatable bonds is 8. The van der Waals surface area contributed by atoms with E-state index >= 15 is 0 Å². The Balaban J connectivity index is 1.31. The first-order chi connectivity index (χ1) is 14.2. The number of hydrogen-bond acceptors (Lipinski definition) is 5. The zero-order chi connectivity index (χ0) is 20.2. The molecule has 0 bridgehead atoms. The SMILES string of the molecule is COc1cccc(NCCNCCN2C(=O)c3cccc4cccc(c34)C2=O)c1. The minimum absolute atomic E-state index is 0.226. The molecule has 4 rings (SSSR count). The normalized spacial score (nSPS) is 13.1. The van der Waals surface area contributed by atoms with Gasteiger partial charge in [0.05, 0.1) is 7.11 Å². The average molecular weight is 389 g/mol. The number of carbonyl (C=O) groups is 2. The smallest absolute Gasteiger partial charge is 0.261 e. The van der Waals surface area contributed by atoms with Crippen molar-refractivity contribution in [1.82, 2.24) is 10.2 Å². The largest absolute Gasteiger partial charge is 0.497 e. The van der Waals surface area contributed by atoms with Crippen LogP contribution in [0.15, 0.2) is 60.7 Å². The van der Waals surface area contributed by atoms with E-state index in [0.29, 0.717) is 30.8 Å². The van der Waals surface area contributed by atoms with Crippen molar-refractivity contribution in [3.8, 4) is 5.75 Å². The molecule has 0 saturated heterocycles. The lowest BCUT2D eigenvalue weighted by Gasteiger charge is -2.27. The van der Waals surface area contributed by atoms with Crippen LogP contribution in [0.3, 0.4) is 0 Å². The quantitative estimate of drug-likeness (QED) is 0.458. The Labute approximate surface area is 169 Å². The molecule has 29 heavy (non-hydrogen) atoms. The molecule has 6 nitrogen and oxygen atoms in total. The van der Waals surface area contributed by atoms with Crippen LogP contribution < -0.4 is 15.4 Å². The number of carbonyl (C=O) groups excluding carboxylic acids is 2. The summed E-state index contributed by atoms with van der Waals surface area (Å²) in [5.41, 5.74) is 2.17. The van der Waals surface area contributed by atoms with Gasteiger partial charge in [-0.3, -0.25) is 14.5 Å². The lowest BCUT2D eigenvalue weighted by Crippen LogP contribution is -2.44. The molecule has 1 aliphatic heterocycles. The van der Waals surface area contributed by atoms with Crippen molar-refractivity contribution in [3.63, 3.8) is 0 Å².